The lowest BCUT2D eigenvalue weighted by molar-refractivity contribution is 0.145. The zero-order chi connectivity index (χ0) is 10.0. The molecule has 0 aliphatic rings. The summed E-state index contributed by atoms with van der Waals surface area (Å²) in [5.41, 5.74) is 4.07. The van der Waals surface area contributed by atoms with E-state index in [1.807, 2.05) is 4.98 Å². The first-order valence-electron chi connectivity index (χ1n) is 3.42. The standard InChI is InChI=1S/C7H7ClF2N2O/c8-2-3-1-4(11)7(13)12-5(3)6(9)10/h1,6H,2,11H2,(H,12,13). The Balaban J connectivity index is 3.33. The van der Waals surface area contributed by atoms with Crippen molar-refractivity contribution in [2.45, 2.75) is 12.3 Å². The van der Waals surface area contributed by atoms with E-state index < -0.39 is 17.7 Å². The number of nitrogens with two attached hydrogens (primary N) is 1. The molecule has 0 radical (unpaired) electrons. The van der Waals surface area contributed by atoms with Crippen molar-refractivity contribution in [1.82, 2.24) is 4.98 Å². The van der Waals surface area contributed by atoms with E-state index in [0.29, 0.717) is 0 Å². The first-order chi connectivity index (χ1) is 6.06. The van der Waals surface area contributed by atoms with E-state index in [2.05, 4.69) is 0 Å². The van der Waals surface area contributed by atoms with Crippen molar-refractivity contribution in [1.29, 1.82) is 0 Å². The Kier molecular flexibility index (Phi) is 2.87. The van der Waals surface area contributed by atoms with E-state index >= 15 is 0 Å². The van der Waals surface area contributed by atoms with E-state index in [0.717, 1.165) is 6.07 Å². The minimum atomic E-state index is -2.75. The predicted molar refractivity (Wildman–Crippen MR) is 46.0 cm³/mol. The third kappa shape index (κ3) is 1.98. The molecule has 13 heavy (non-hydrogen) atoms. The molecule has 6 heteroatoms. The highest BCUT2D eigenvalue weighted by atomic mass is 35.5. The Labute approximate surface area is 77.5 Å². The van der Waals surface area contributed by atoms with Crippen molar-refractivity contribution in [2.24, 2.45) is 0 Å². The van der Waals surface area contributed by atoms with Crippen LogP contribution in [0.4, 0.5) is 14.5 Å². The molecule has 3 N–H and O–H groups in total. The van der Waals surface area contributed by atoms with Gasteiger partial charge in [-0.1, -0.05) is 0 Å². The number of nitrogen functional groups attached to an aromatic ring is 1. The molecule has 0 aliphatic heterocycles. The molecule has 0 saturated heterocycles. The van der Waals surface area contributed by atoms with Gasteiger partial charge in [-0.05, 0) is 11.6 Å². The van der Waals surface area contributed by atoms with Crippen LogP contribution in [0.15, 0.2) is 10.9 Å². The third-order valence-corrected chi connectivity index (χ3v) is 1.84. The van der Waals surface area contributed by atoms with E-state index in [-0.39, 0.29) is 17.1 Å². The molecule has 0 unspecified atom stereocenters. The lowest BCUT2D eigenvalue weighted by Crippen LogP contribution is -2.15. The van der Waals surface area contributed by atoms with Crippen LogP contribution in [0.1, 0.15) is 17.7 Å². The number of aromatic nitrogens is 1. The average Bonchev–Trinajstić information content (AvgIpc) is 2.08. The van der Waals surface area contributed by atoms with Crippen LogP contribution in [0.5, 0.6) is 0 Å². The summed E-state index contributed by atoms with van der Waals surface area (Å²) >= 11 is 5.39. The molecular formula is C7H7ClF2N2O. The molecular weight excluding hydrogens is 202 g/mol. The SMILES string of the molecule is Nc1cc(CCl)c(C(F)F)[nH]c1=O. The quantitative estimate of drug-likeness (QED) is 0.726. The Morgan fingerprint density at radius 1 is 1.62 bits per heavy atom. The summed E-state index contributed by atoms with van der Waals surface area (Å²) in [6, 6.07) is 1.16. The van der Waals surface area contributed by atoms with Crippen molar-refractivity contribution in [3.63, 3.8) is 0 Å². The highest BCUT2D eigenvalue weighted by Crippen LogP contribution is 2.21. The predicted octanol–water partition coefficient (Wildman–Crippen LogP) is 1.63. The highest BCUT2D eigenvalue weighted by Gasteiger charge is 2.14. The number of halogens is 3. The number of pyridine rings is 1. The number of hydrogen-bond donors (Lipinski definition) is 2. The number of hydrogen-bond acceptors (Lipinski definition) is 2. The minimum absolute atomic E-state index is 0.110. The van der Waals surface area contributed by atoms with E-state index in [1.165, 1.54) is 0 Å². The number of aromatic amines is 1. The fourth-order valence-corrected chi connectivity index (χ4v) is 1.13. The fourth-order valence-electron chi connectivity index (χ4n) is 0.911. The van der Waals surface area contributed by atoms with Gasteiger partial charge in [0.25, 0.3) is 12.0 Å². The molecule has 0 spiro atoms. The number of alkyl halides is 3. The van der Waals surface area contributed by atoms with Gasteiger partial charge >= 0.3 is 0 Å². The molecule has 0 amide bonds. The molecule has 1 heterocycles. The van der Waals surface area contributed by atoms with Gasteiger partial charge in [-0.25, -0.2) is 8.78 Å². The lowest BCUT2D eigenvalue weighted by atomic mass is 10.2. The Hall–Kier alpha value is -1.10. The maximum Gasteiger partial charge on any atom is 0.278 e. The average molecular weight is 209 g/mol. The monoisotopic (exact) mass is 208 g/mol. The number of H-pyrrole nitrogens is 1. The van der Waals surface area contributed by atoms with E-state index in [1.54, 1.807) is 0 Å². The van der Waals surface area contributed by atoms with Gasteiger partial charge in [0.2, 0.25) is 0 Å². The maximum absolute atomic E-state index is 12.3. The molecule has 1 rings (SSSR count). The zero-order valence-electron chi connectivity index (χ0n) is 6.48. The van der Waals surface area contributed by atoms with Crippen LogP contribution >= 0.6 is 11.6 Å². The summed E-state index contributed by atoms with van der Waals surface area (Å²) in [6.07, 6.45) is -2.75. The van der Waals surface area contributed by atoms with Crippen molar-refractivity contribution in [2.75, 3.05) is 5.73 Å². The van der Waals surface area contributed by atoms with Gasteiger partial charge in [0.15, 0.2) is 0 Å². The summed E-state index contributed by atoms with van der Waals surface area (Å²) < 4.78 is 24.5. The highest BCUT2D eigenvalue weighted by molar-refractivity contribution is 6.17. The van der Waals surface area contributed by atoms with Crippen LogP contribution < -0.4 is 11.3 Å². The first-order valence-corrected chi connectivity index (χ1v) is 3.95. The molecule has 1 aromatic heterocycles. The minimum Gasteiger partial charge on any atom is -0.394 e. The van der Waals surface area contributed by atoms with Gasteiger partial charge in [0, 0.05) is 5.88 Å². The lowest BCUT2D eigenvalue weighted by Gasteiger charge is -2.05. The molecule has 0 saturated carbocycles. The molecule has 3 nitrogen and oxygen atoms in total. The summed E-state index contributed by atoms with van der Waals surface area (Å²) in [5, 5.41) is 0. The number of anilines is 1. The summed E-state index contributed by atoms with van der Waals surface area (Å²) in [5.74, 6) is -0.110. The van der Waals surface area contributed by atoms with Crippen molar-refractivity contribution in [3.05, 3.63) is 27.7 Å². The molecule has 0 aliphatic carbocycles. The van der Waals surface area contributed by atoms with Gasteiger partial charge in [-0.3, -0.25) is 4.79 Å². The topological polar surface area (TPSA) is 58.9 Å². The molecule has 0 aromatic carbocycles. The molecule has 72 valence electrons. The van der Waals surface area contributed by atoms with Crippen LogP contribution in [0.3, 0.4) is 0 Å². The molecule has 0 atom stereocenters. The van der Waals surface area contributed by atoms with Crippen LogP contribution in [-0.4, -0.2) is 4.98 Å². The molecule has 0 bridgehead atoms. The van der Waals surface area contributed by atoms with Gasteiger partial charge < -0.3 is 10.7 Å². The Bertz CT molecular complexity index is 364. The van der Waals surface area contributed by atoms with Crippen LogP contribution in [0.2, 0.25) is 0 Å². The van der Waals surface area contributed by atoms with E-state index in [9.17, 15) is 13.6 Å². The molecule has 0 fully saturated rings. The second-order valence-corrected chi connectivity index (χ2v) is 2.69. The van der Waals surface area contributed by atoms with E-state index in [4.69, 9.17) is 17.3 Å². The third-order valence-electron chi connectivity index (χ3n) is 1.55. The summed E-state index contributed by atoms with van der Waals surface area (Å²) in [4.78, 5) is 12.8. The second kappa shape index (κ2) is 3.74. The van der Waals surface area contributed by atoms with Crippen molar-refractivity contribution < 1.29 is 8.78 Å². The zero-order valence-corrected chi connectivity index (χ0v) is 7.24. The summed E-state index contributed by atoms with van der Waals surface area (Å²) in [7, 11) is 0. The first kappa shape index (κ1) is 9.98. The maximum atomic E-state index is 12.3. The van der Waals surface area contributed by atoms with Gasteiger partial charge in [0.05, 0.1) is 11.4 Å². The largest absolute Gasteiger partial charge is 0.394 e. The Morgan fingerprint density at radius 3 is 2.69 bits per heavy atom. The smallest absolute Gasteiger partial charge is 0.278 e. The normalized spacial score (nSPS) is 10.8. The fraction of sp³-hybridized carbons (Fsp3) is 0.286. The van der Waals surface area contributed by atoms with Gasteiger partial charge in [0.1, 0.15) is 0 Å². The molecule has 1 aromatic rings. The number of rotatable bonds is 2. The van der Waals surface area contributed by atoms with Crippen LogP contribution in [-0.2, 0) is 5.88 Å². The van der Waals surface area contributed by atoms with Crippen molar-refractivity contribution in [3.8, 4) is 0 Å². The summed E-state index contributed by atoms with van der Waals surface area (Å²) in [6.45, 7) is 0. The van der Waals surface area contributed by atoms with Crippen molar-refractivity contribution >= 4 is 17.3 Å². The Morgan fingerprint density at radius 2 is 2.23 bits per heavy atom. The second-order valence-electron chi connectivity index (χ2n) is 2.43. The van der Waals surface area contributed by atoms with Gasteiger partial charge in [-0.15, -0.1) is 11.6 Å². The van der Waals surface area contributed by atoms with Crippen LogP contribution in [0.25, 0.3) is 0 Å². The van der Waals surface area contributed by atoms with Gasteiger partial charge in [-0.2, -0.15) is 0 Å². The number of nitrogens with one attached hydrogen (secondary N) is 1. The van der Waals surface area contributed by atoms with Crippen LogP contribution in [0, 0.1) is 0 Å².